The van der Waals surface area contributed by atoms with Crippen molar-refractivity contribution in [3.05, 3.63) is 42.2 Å². The lowest BCUT2D eigenvalue weighted by Crippen LogP contribution is -2.34. The van der Waals surface area contributed by atoms with Gasteiger partial charge in [-0.2, -0.15) is 4.31 Å². The molecule has 0 unspecified atom stereocenters. The second-order valence-electron chi connectivity index (χ2n) is 3.79. The van der Waals surface area contributed by atoms with E-state index in [0.717, 1.165) is 16.4 Å². The Balaban J connectivity index is 3.21. The smallest absolute Gasteiger partial charge is 0.243 e. The summed E-state index contributed by atoms with van der Waals surface area (Å²) in [5.41, 5.74) is 0.335. The van der Waals surface area contributed by atoms with Gasteiger partial charge in [0, 0.05) is 13.1 Å². The maximum Gasteiger partial charge on any atom is 0.243 e. The summed E-state index contributed by atoms with van der Waals surface area (Å²) in [5, 5.41) is 8.89. The highest BCUT2D eigenvalue weighted by Gasteiger charge is 2.24. The number of rotatable bonds is 6. The van der Waals surface area contributed by atoms with E-state index < -0.39 is 15.8 Å². The Labute approximate surface area is 106 Å². The van der Waals surface area contributed by atoms with E-state index in [1.807, 2.05) is 0 Å². The van der Waals surface area contributed by atoms with Crippen LogP contribution in [0.1, 0.15) is 5.56 Å². The minimum Gasteiger partial charge on any atom is -0.395 e. The molecule has 0 radical (unpaired) electrons. The van der Waals surface area contributed by atoms with Crippen LogP contribution in [0.3, 0.4) is 0 Å². The van der Waals surface area contributed by atoms with Crippen LogP contribution in [-0.2, 0) is 10.0 Å². The minimum atomic E-state index is -3.74. The number of hydrogen-bond donors (Lipinski definition) is 1. The molecule has 0 spiro atoms. The Hall–Kier alpha value is -1.24. The third-order valence-electron chi connectivity index (χ3n) is 2.44. The van der Waals surface area contributed by atoms with Crippen LogP contribution in [0, 0.1) is 12.7 Å². The van der Waals surface area contributed by atoms with E-state index in [1.165, 1.54) is 19.1 Å². The van der Waals surface area contributed by atoms with Crippen molar-refractivity contribution in [3.8, 4) is 0 Å². The highest BCUT2D eigenvalue weighted by atomic mass is 32.2. The van der Waals surface area contributed by atoms with Gasteiger partial charge in [0.25, 0.3) is 0 Å². The van der Waals surface area contributed by atoms with Crippen molar-refractivity contribution in [2.24, 2.45) is 0 Å². The molecule has 1 aromatic rings. The van der Waals surface area contributed by atoms with Crippen molar-refractivity contribution >= 4 is 10.0 Å². The van der Waals surface area contributed by atoms with Crippen molar-refractivity contribution in [3.63, 3.8) is 0 Å². The number of sulfonamides is 1. The largest absolute Gasteiger partial charge is 0.395 e. The SMILES string of the molecule is C=CCN(CCO)S(=O)(=O)c1ccc(F)cc1C. The standard InChI is InChI=1S/C12H16FNO3S/c1-3-6-14(7-8-15)18(16,17)12-5-4-11(13)9-10(12)2/h3-5,9,15H,1,6-8H2,2H3. The Morgan fingerprint density at radius 2 is 2.17 bits per heavy atom. The van der Waals surface area contributed by atoms with E-state index in [1.54, 1.807) is 0 Å². The van der Waals surface area contributed by atoms with Gasteiger partial charge in [-0.05, 0) is 30.7 Å². The number of aliphatic hydroxyl groups is 1. The molecule has 1 rings (SSSR count). The summed E-state index contributed by atoms with van der Waals surface area (Å²) < 4.78 is 38.6. The Bertz CT molecular complexity index is 528. The molecular formula is C12H16FNO3S. The lowest BCUT2D eigenvalue weighted by molar-refractivity contribution is 0.260. The first kappa shape index (κ1) is 14.8. The summed E-state index contributed by atoms with van der Waals surface area (Å²) in [6, 6.07) is 3.50. The van der Waals surface area contributed by atoms with E-state index in [4.69, 9.17) is 5.11 Å². The molecule has 0 atom stereocenters. The topological polar surface area (TPSA) is 57.6 Å². The van der Waals surface area contributed by atoms with Crippen molar-refractivity contribution in [1.29, 1.82) is 0 Å². The number of hydrogen-bond acceptors (Lipinski definition) is 3. The van der Waals surface area contributed by atoms with Gasteiger partial charge < -0.3 is 5.11 Å². The lowest BCUT2D eigenvalue weighted by Gasteiger charge is -2.20. The second-order valence-corrected chi connectivity index (χ2v) is 5.69. The Kier molecular flexibility index (Phi) is 5.01. The zero-order valence-corrected chi connectivity index (χ0v) is 11.0. The summed E-state index contributed by atoms with van der Waals surface area (Å²) in [7, 11) is -3.74. The molecule has 1 aromatic carbocycles. The van der Waals surface area contributed by atoms with Crippen molar-refractivity contribution < 1.29 is 17.9 Å². The number of aliphatic hydroxyl groups excluding tert-OH is 1. The van der Waals surface area contributed by atoms with Gasteiger partial charge in [-0.3, -0.25) is 0 Å². The zero-order chi connectivity index (χ0) is 13.8. The van der Waals surface area contributed by atoms with E-state index in [-0.39, 0.29) is 24.6 Å². The molecule has 0 bridgehead atoms. The molecule has 0 saturated carbocycles. The highest BCUT2D eigenvalue weighted by Crippen LogP contribution is 2.20. The summed E-state index contributed by atoms with van der Waals surface area (Å²) in [6.07, 6.45) is 1.44. The summed E-state index contributed by atoms with van der Waals surface area (Å²) in [5.74, 6) is -0.483. The van der Waals surface area contributed by atoms with E-state index in [0.29, 0.717) is 5.56 Å². The van der Waals surface area contributed by atoms with E-state index in [9.17, 15) is 12.8 Å². The molecule has 100 valence electrons. The third-order valence-corrected chi connectivity index (χ3v) is 4.46. The molecule has 18 heavy (non-hydrogen) atoms. The fraction of sp³-hybridized carbons (Fsp3) is 0.333. The molecule has 0 saturated heterocycles. The first-order chi connectivity index (χ1) is 8.43. The number of nitrogens with zero attached hydrogens (tertiary/aromatic N) is 1. The van der Waals surface area contributed by atoms with Crippen LogP contribution >= 0.6 is 0 Å². The first-order valence-corrected chi connectivity index (χ1v) is 6.85. The molecule has 6 heteroatoms. The van der Waals surface area contributed by atoms with Gasteiger partial charge in [0.2, 0.25) is 10.0 Å². The number of benzene rings is 1. The van der Waals surface area contributed by atoms with Crippen LogP contribution in [0.25, 0.3) is 0 Å². The molecule has 0 aliphatic heterocycles. The average Bonchev–Trinajstić information content (AvgIpc) is 2.28. The van der Waals surface area contributed by atoms with E-state index >= 15 is 0 Å². The maximum absolute atomic E-state index is 13.0. The molecule has 0 aliphatic carbocycles. The molecule has 1 N–H and O–H groups in total. The van der Waals surface area contributed by atoms with Gasteiger partial charge >= 0.3 is 0 Å². The predicted molar refractivity (Wildman–Crippen MR) is 67.2 cm³/mol. The van der Waals surface area contributed by atoms with E-state index in [2.05, 4.69) is 6.58 Å². The molecule has 0 heterocycles. The van der Waals surface area contributed by atoms with Crippen LogP contribution in [-0.4, -0.2) is 37.5 Å². The summed E-state index contributed by atoms with van der Waals surface area (Å²) in [4.78, 5) is 0.0409. The molecule has 0 aromatic heterocycles. The Morgan fingerprint density at radius 3 is 2.67 bits per heavy atom. The normalized spacial score (nSPS) is 11.8. The number of aryl methyl sites for hydroxylation is 1. The minimum absolute atomic E-state index is 0.0226. The lowest BCUT2D eigenvalue weighted by atomic mass is 10.2. The molecule has 0 aliphatic rings. The van der Waals surface area contributed by atoms with Gasteiger partial charge in [-0.25, -0.2) is 12.8 Å². The van der Waals surface area contributed by atoms with Gasteiger partial charge in [-0.15, -0.1) is 6.58 Å². The van der Waals surface area contributed by atoms with Crippen LogP contribution in [0.2, 0.25) is 0 Å². The van der Waals surface area contributed by atoms with Gasteiger partial charge in [0.05, 0.1) is 11.5 Å². The van der Waals surface area contributed by atoms with Crippen LogP contribution in [0.4, 0.5) is 4.39 Å². The molecule has 0 amide bonds. The average molecular weight is 273 g/mol. The quantitative estimate of drug-likeness (QED) is 0.795. The van der Waals surface area contributed by atoms with Crippen LogP contribution in [0.5, 0.6) is 0 Å². The van der Waals surface area contributed by atoms with Gasteiger partial charge in [0.1, 0.15) is 5.82 Å². The third kappa shape index (κ3) is 3.16. The van der Waals surface area contributed by atoms with Gasteiger partial charge in [-0.1, -0.05) is 6.08 Å². The Morgan fingerprint density at radius 1 is 1.50 bits per heavy atom. The monoisotopic (exact) mass is 273 g/mol. The maximum atomic E-state index is 13.0. The molecule has 4 nitrogen and oxygen atoms in total. The summed E-state index contributed by atoms with van der Waals surface area (Å²) >= 11 is 0. The molecular weight excluding hydrogens is 257 g/mol. The predicted octanol–water partition coefficient (Wildman–Crippen LogP) is 1.30. The van der Waals surface area contributed by atoms with Crippen molar-refractivity contribution in [1.82, 2.24) is 4.31 Å². The fourth-order valence-corrected chi connectivity index (χ4v) is 3.21. The zero-order valence-electron chi connectivity index (χ0n) is 10.1. The summed E-state index contributed by atoms with van der Waals surface area (Å²) in [6.45, 7) is 4.80. The second kappa shape index (κ2) is 6.08. The van der Waals surface area contributed by atoms with Crippen LogP contribution in [0.15, 0.2) is 35.7 Å². The molecule has 0 fully saturated rings. The van der Waals surface area contributed by atoms with Crippen molar-refractivity contribution in [2.75, 3.05) is 19.7 Å². The first-order valence-electron chi connectivity index (χ1n) is 5.41. The highest BCUT2D eigenvalue weighted by molar-refractivity contribution is 7.89. The number of halogens is 1. The fourth-order valence-electron chi connectivity index (χ4n) is 1.61. The van der Waals surface area contributed by atoms with Gasteiger partial charge in [0.15, 0.2) is 0 Å². The van der Waals surface area contributed by atoms with Crippen LogP contribution < -0.4 is 0 Å². The van der Waals surface area contributed by atoms with Crippen molar-refractivity contribution in [2.45, 2.75) is 11.8 Å².